The molecule has 60 valence electrons. The van der Waals surface area contributed by atoms with Gasteiger partial charge in [-0.05, 0) is 0 Å². The SMILES string of the molecule is C[N+](C)(CCO)CC(=O)O. The summed E-state index contributed by atoms with van der Waals surface area (Å²) in [5.41, 5.74) is 0. The summed E-state index contributed by atoms with van der Waals surface area (Å²) in [6, 6.07) is 0. The Labute approximate surface area is 60.3 Å². The van der Waals surface area contributed by atoms with E-state index in [4.69, 9.17) is 10.2 Å². The molecular formula is C6H14NO3+. The summed E-state index contributed by atoms with van der Waals surface area (Å²) in [6.07, 6.45) is 0. The number of carboxylic acids is 1. The van der Waals surface area contributed by atoms with Crippen LogP contribution in [0.15, 0.2) is 0 Å². The van der Waals surface area contributed by atoms with E-state index in [1.807, 2.05) is 0 Å². The molecule has 0 aromatic heterocycles. The molecule has 0 aliphatic heterocycles. The number of hydrogen-bond acceptors (Lipinski definition) is 2. The van der Waals surface area contributed by atoms with Gasteiger partial charge >= 0.3 is 5.97 Å². The Balaban J connectivity index is 3.74. The van der Waals surface area contributed by atoms with Crippen molar-refractivity contribution in [2.24, 2.45) is 0 Å². The molecule has 0 amide bonds. The maximum absolute atomic E-state index is 10.2. The van der Waals surface area contributed by atoms with Gasteiger partial charge in [0.2, 0.25) is 0 Å². The summed E-state index contributed by atoms with van der Waals surface area (Å²) in [7, 11) is 3.54. The maximum atomic E-state index is 10.2. The van der Waals surface area contributed by atoms with Crippen molar-refractivity contribution in [1.29, 1.82) is 0 Å². The second kappa shape index (κ2) is 3.53. The van der Waals surface area contributed by atoms with Crippen molar-refractivity contribution >= 4 is 5.97 Å². The minimum absolute atomic E-state index is 0.0281. The summed E-state index contributed by atoms with van der Waals surface area (Å²) in [5, 5.41) is 16.9. The van der Waals surface area contributed by atoms with E-state index in [9.17, 15) is 4.79 Å². The van der Waals surface area contributed by atoms with Crippen molar-refractivity contribution in [2.75, 3.05) is 33.8 Å². The Kier molecular flexibility index (Phi) is 3.32. The third-order valence-electron chi connectivity index (χ3n) is 1.27. The standard InChI is InChI=1S/C6H13NO3/c1-7(2,3-4-8)5-6(9)10/h8H,3-5H2,1-2H3/p+1. The zero-order valence-electron chi connectivity index (χ0n) is 6.37. The number of aliphatic carboxylic acids is 1. The molecule has 0 aliphatic carbocycles. The molecule has 4 heteroatoms. The van der Waals surface area contributed by atoms with E-state index >= 15 is 0 Å². The second-order valence-electron chi connectivity index (χ2n) is 2.93. The van der Waals surface area contributed by atoms with Crippen molar-refractivity contribution in [1.82, 2.24) is 0 Å². The molecule has 0 aromatic rings. The van der Waals surface area contributed by atoms with E-state index in [1.165, 1.54) is 0 Å². The van der Waals surface area contributed by atoms with Crippen LogP contribution in [-0.4, -0.2) is 54.5 Å². The Bertz CT molecular complexity index is 122. The Hall–Kier alpha value is -0.610. The van der Waals surface area contributed by atoms with Crippen LogP contribution in [0, 0.1) is 0 Å². The highest BCUT2D eigenvalue weighted by atomic mass is 16.4. The van der Waals surface area contributed by atoms with Crippen LogP contribution in [0.3, 0.4) is 0 Å². The highest BCUT2D eigenvalue weighted by Gasteiger charge is 2.17. The molecule has 0 saturated heterocycles. The molecule has 0 bridgehead atoms. The molecule has 4 nitrogen and oxygen atoms in total. The second-order valence-corrected chi connectivity index (χ2v) is 2.93. The lowest BCUT2D eigenvalue weighted by molar-refractivity contribution is -0.883. The van der Waals surface area contributed by atoms with Gasteiger partial charge < -0.3 is 14.7 Å². The predicted molar refractivity (Wildman–Crippen MR) is 36.6 cm³/mol. The summed E-state index contributed by atoms with van der Waals surface area (Å²) < 4.78 is 0.325. The molecule has 10 heavy (non-hydrogen) atoms. The van der Waals surface area contributed by atoms with E-state index in [2.05, 4.69) is 0 Å². The zero-order valence-corrected chi connectivity index (χ0v) is 6.37. The van der Waals surface area contributed by atoms with Crippen LogP contribution < -0.4 is 0 Å². The number of aliphatic hydroxyl groups is 1. The van der Waals surface area contributed by atoms with Gasteiger partial charge in [-0.25, -0.2) is 4.79 Å². The molecule has 0 heterocycles. The lowest BCUT2D eigenvalue weighted by atomic mass is 10.4. The van der Waals surface area contributed by atoms with Crippen LogP contribution >= 0.6 is 0 Å². The van der Waals surface area contributed by atoms with Gasteiger partial charge in [-0.15, -0.1) is 0 Å². The van der Waals surface area contributed by atoms with Crippen LogP contribution in [0.25, 0.3) is 0 Å². The highest BCUT2D eigenvalue weighted by Crippen LogP contribution is 1.93. The van der Waals surface area contributed by atoms with Crippen LogP contribution in [-0.2, 0) is 4.79 Å². The van der Waals surface area contributed by atoms with Gasteiger partial charge in [0.15, 0.2) is 6.54 Å². The molecule has 0 radical (unpaired) electrons. The summed E-state index contributed by atoms with van der Waals surface area (Å²) in [6.45, 7) is 0.563. The Morgan fingerprint density at radius 3 is 2.30 bits per heavy atom. The number of carbonyl (C=O) groups is 1. The highest BCUT2D eigenvalue weighted by molar-refractivity contribution is 5.67. The van der Waals surface area contributed by atoms with Crippen molar-refractivity contribution in [2.45, 2.75) is 0 Å². The number of hydrogen-bond donors (Lipinski definition) is 2. The van der Waals surface area contributed by atoms with Gasteiger partial charge in [0.05, 0.1) is 20.7 Å². The van der Waals surface area contributed by atoms with Gasteiger partial charge in [0.1, 0.15) is 6.54 Å². The molecule has 0 fully saturated rings. The van der Waals surface area contributed by atoms with Crippen molar-refractivity contribution < 1.29 is 19.5 Å². The predicted octanol–water partition coefficient (Wildman–Crippen LogP) is -0.860. The lowest BCUT2D eigenvalue weighted by Crippen LogP contribution is -2.45. The molecule has 0 rings (SSSR count). The van der Waals surface area contributed by atoms with Crippen LogP contribution in [0.1, 0.15) is 0 Å². The lowest BCUT2D eigenvalue weighted by Gasteiger charge is -2.26. The monoisotopic (exact) mass is 148 g/mol. The molecule has 2 N–H and O–H groups in total. The fraction of sp³-hybridized carbons (Fsp3) is 0.833. The largest absolute Gasteiger partial charge is 0.477 e. The first-order chi connectivity index (χ1) is 4.48. The van der Waals surface area contributed by atoms with E-state index in [1.54, 1.807) is 14.1 Å². The topological polar surface area (TPSA) is 57.5 Å². The normalized spacial score (nSPS) is 11.5. The third kappa shape index (κ3) is 4.29. The molecule has 0 unspecified atom stereocenters. The smallest absolute Gasteiger partial charge is 0.359 e. The molecule has 0 aliphatic rings. The quantitative estimate of drug-likeness (QED) is 0.510. The molecular weight excluding hydrogens is 134 g/mol. The van der Waals surface area contributed by atoms with E-state index in [-0.39, 0.29) is 13.2 Å². The first-order valence-electron chi connectivity index (χ1n) is 3.12. The van der Waals surface area contributed by atoms with Crippen LogP contribution in [0.4, 0.5) is 0 Å². The van der Waals surface area contributed by atoms with E-state index in [0.717, 1.165) is 0 Å². The first kappa shape index (κ1) is 9.39. The number of carboxylic acid groups (broad SMARTS) is 1. The summed E-state index contributed by atoms with van der Waals surface area (Å²) >= 11 is 0. The Morgan fingerprint density at radius 1 is 1.50 bits per heavy atom. The van der Waals surface area contributed by atoms with E-state index in [0.29, 0.717) is 11.0 Å². The maximum Gasteiger partial charge on any atom is 0.359 e. The van der Waals surface area contributed by atoms with Gasteiger partial charge in [-0.3, -0.25) is 0 Å². The van der Waals surface area contributed by atoms with Gasteiger partial charge in [0.25, 0.3) is 0 Å². The van der Waals surface area contributed by atoms with Crippen LogP contribution in [0.5, 0.6) is 0 Å². The van der Waals surface area contributed by atoms with Crippen LogP contribution in [0.2, 0.25) is 0 Å². The Morgan fingerprint density at radius 2 is 2.00 bits per heavy atom. The van der Waals surface area contributed by atoms with E-state index < -0.39 is 5.97 Å². The van der Waals surface area contributed by atoms with Crippen molar-refractivity contribution in [3.63, 3.8) is 0 Å². The number of nitrogens with zero attached hydrogens (tertiary/aromatic N) is 1. The minimum Gasteiger partial charge on any atom is -0.477 e. The molecule has 0 saturated carbocycles. The van der Waals surface area contributed by atoms with Crippen molar-refractivity contribution in [3.05, 3.63) is 0 Å². The third-order valence-corrected chi connectivity index (χ3v) is 1.27. The van der Waals surface area contributed by atoms with Gasteiger partial charge in [0, 0.05) is 0 Å². The first-order valence-corrected chi connectivity index (χ1v) is 3.12. The molecule has 0 aromatic carbocycles. The average Bonchev–Trinajstić information content (AvgIpc) is 1.59. The fourth-order valence-corrected chi connectivity index (χ4v) is 0.716. The number of rotatable bonds is 4. The minimum atomic E-state index is -0.835. The summed E-state index contributed by atoms with van der Waals surface area (Å²) in [4.78, 5) is 10.2. The number of aliphatic hydroxyl groups excluding tert-OH is 1. The molecule has 0 atom stereocenters. The summed E-state index contributed by atoms with van der Waals surface area (Å²) in [5.74, 6) is -0.835. The number of likely N-dealkylation sites (N-methyl/N-ethyl adjacent to an activating group) is 1. The fourth-order valence-electron chi connectivity index (χ4n) is 0.716. The average molecular weight is 148 g/mol. The number of quaternary nitrogens is 1. The molecule has 0 spiro atoms. The van der Waals surface area contributed by atoms with Gasteiger partial charge in [-0.1, -0.05) is 0 Å². The van der Waals surface area contributed by atoms with Crippen molar-refractivity contribution in [3.8, 4) is 0 Å². The zero-order chi connectivity index (χ0) is 8.20. The van der Waals surface area contributed by atoms with Gasteiger partial charge in [-0.2, -0.15) is 0 Å².